The summed E-state index contributed by atoms with van der Waals surface area (Å²) in [4.78, 5) is 0. The highest BCUT2D eigenvalue weighted by Crippen LogP contribution is 2.36. The van der Waals surface area contributed by atoms with E-state index >= 15 is 0 Å². The van der Waals surface area contributed by atoms with Gasteiger partial charge in [-0.1, -0.05) is 0 Å². The van der Waals surface area contributed by atoms with Gasteiger partial charge >= 0.3 is 0 Å². The smallest absolute Gasteiger partial charge is 0.161 e. The lowest BCUT2D eigenvalue weighted by atomic mass is 10.0. The minimum Gasteiger partial charge on any atom is -0.486 e. The van der Waals surface area contributed by atoms with Crippen molar-refractivity contribution in [1.82, 2.24) is 5.32 Å². The van der Waals surface area contributed by atoms with E-state index in [4.69, 9.17) is 14.2 Å². The maximum absolute atomic E-state index is 5.81. The number of fused-ring (bicyclic) bond motifs is 1. The summed E-state index contributed by atoms with van der Waals surface area (Å²) in [6, 6.07) is 4.09. The van der Waals surface area contributed by atoms with Crippen molar-refractivity contribution in [1.29, 1.82) is 0 Å². The zero-order valence-electron chi connectivity index (χ0n) is 10.2. The summed E-state index contributed by atoms with van der Waals surface area (Å²) in [6.45, 7) is 6.20. The summed E-state index contributed by atoms with van der Waals surface area (Å²) < 4.78 is 17.0. The molecule has 1 N–H and O–H groups in total. The van der Waals surface area contributed by atoms with E-state index in [0.29, 0.717) is 13.2 Å². The van der Waals surface area contributed by atoms with Crippen molar-refractivity contribution >= 4 is 0 Å². The van der Waals surface area contributed by atoms with Crippen LogP contribution in [0.15, 0.2) is 12.1 Å². The molecular weight excluding hydrogens is 218 g/mol. The molecule has 2 atom stereocenters. The number of rotatable bonds is 1. The number of hydrogen-bond donors (Lipinski definition) is 1. The van der Waals surface area contributed by atoms with Crippen LogP contribution in [-0.4, -0.2) is 26.0 Å². The highest BCUT2D eigenvalue weighted by molar-refractivity contribution is 5.48. The van der Waals surface area contributed by atoms with Crippen LogP contribution in [0.1, 0.15) is 24.2 Å². The van der Waals surface area contributed by atoms with Crippen LogP contribution in [0.3, 0.4) is 0 Å². The standard InChI is InChI=1S/C13H17NO3/c1-8-5-11-12(16-4-3-15-11)6-10(8)13-7-14-9(2)17-13/h5-6,9,13-14H,3-4,7H2,1-2H3. The van der Waals surface area contributed by atoms with Gasteiger partial charge in [-0.25, -0.2) is 0 Å². The van der Waals surface area contributed by atoms with Crippen molar-refractivity contribution in [2.75, 3.05) is 19.8 Å². The Balaban J connectivity index is 1.94. The van der Waals surface area contributed by atoms with E-state index < -0.39 is 0 Å². The van der Waals surface area contributed by atoms with Gasteiger partial charge in [-0.2, -0.15) is 0 Å². The topological polar surface area (TPSA) is 39.7 Å². The molecule has 2 aliphatic heterocycles. The van der Waals surface area contributed by atoms with Gasteiger partial charge in [0.05, 0.1) is 6.10 Å². The Morgan fingerprint density at radius 2 is 1.88 bits per heavy atom. The Hall–Kier alpha value is -1.26. The number of hydrogen-bond acceptors (Lipinski definition) is 4. The van der Waals surface area contributed by atoms with Gasteiger partial charge in [-0.05, 0) is 37.1 Å². The molecule has 0 bridgehead atoms. The average molecular weight is 235 g/mol. The molecular formula is C13H17NO3. The summed E-state index contributed by atoms with van der Waals surface area (Å²) in [7, 11) is 0. The van der Waals surface area contributed by atoms with Gasteiger partial charge in [0.15, 0.2) is 11.5 Å². The first kappa shape index (κ1) is 10.9. The fraction of sp³-hybridized carbons (Fsp3) is 0.538. The van der Waals surface area contributed by atoms with Crippen molar-refractivity contribution in [3.8, 4) is 11.5 Å². The van der Waals surface area contributed by atoms with Crippen LogP contribution in [0, 0.1) is 6.92 Å². The molecule has 2 aliphatic rings. The van der Waals surface area contributed by atoms with E-state index in [1.807, 2.05) is 19.1 Å². The van der Waals surface area contributed by atoms with E-state index in [1.54, 1.807) is 0 Å². The third-order valence-corrected chi connectivity index (χ3v) is 3.24. The molecule has 4 heteroatoms. The number of benzene rings is 1. The lowest BCUT2D eigenvalue weighted by Crippen LogP contribution is -2.17. The molecule has 0 spiro atoms. The molecule has 1 aromatic rings. The van der Waals surface area contributed by atoms with Crippen LogP contribution in [-0.2, 0) is 4.74 Å². The fourth-order valence-corrected chi connectivity index (χ4v) is 2.35. The SMILES string of the molecule is Cc1cc2c(cc1C1CNC(C)O1)OCCO2. The molecule has 0 aromatic heterocycles. The molecule has 0 aliphatic carbocycles. The van der Waals surface area contributed by atoms with Crippen molar-refractivity contribution in [3.63, 3.8) is 0 Å². The lowest BCUT2D eigenvalue weighted by Gasteiger charge is -2.22. The summed E-state index contributed by atoms with van der Waals surface area (Å²) in [5.74, 6) is 1.68. The van der Waals surface area contributed by atoms with Gasteiger partial charge in [-0.3, -0.25) is 5.32 Å². The highest BCUT2D eigenvalue weighted by atomic mass is 16.6. The van der Waals surface area contributed by atoms with Gasteiger partial charge < -0.3 is 14.2 Å². The first-order chi connectivity index (χ1) is 8.24. The minimum atomic E-state index is 0.112. The van der Waals surface area contributed by atoms with E-state index in [0.717, 1.165) is 18.0 Å². The molecule has 2 unspecified atom stereocenters. The Labute approximate surface area is 101 Å². The fourth-order valence-electron chi connectivity index (χ4n) is 2.35. The molecule has 4 nitrogen and oxygen atoms in total. The van der Waals surface area contributed by atoms with Gasteiger partial charge in [0, 0.05) is 6.54 Å². The van der Waals surface area contributed by atoms with Gasteiger partial charge in [0.2, 0.25) is 0 Å². The minimum absolute atomic E-state index is 0.112. The normalized spacial score (nSPS) is 27.2. The highest BCUT2D eigenvalue weighted by Gasteiger charge is 2.26. The Kier molecular flexibility index (Phi) is 2.68. The van der Waals surface area contributed by atoms with E-state index in [-0.39, 0.29) is 12.3 Å². The Bertz CT molecular complexity index is 433. The van der Waals surface area contributed by atoms with Gasteiger partial charge in [-0.15, -0.1) is 0 Å². The molecule has 0 amide bonds. The number of aryl methyl sites for hydroxylation is 1. The second-order valence-corrected chi connectivity index (χ2v) is 4.53. The van der Waals surface area contributed by atoms with Gasteiger partial charge in [0.25, 0.3) is 0 Å². The predicted octanol–water partition coefficient (Wildman–Crippen LogP) is 1.77. The number of nitrogens with one attached hydrogen (secondary N) is 1. The lowest BCUT2D eigenvalue weighted by molar-refractivity contribution is 0.0522. The summed E-state index contributed by atoms with van der Waals surface area (Å²) in [5.41, 5.74) is 2.38. The van der Waals surface area contributed by atoms with E-state index in [2.05, 4.69) is 12.2 Å². The second kappa shape index (κ2) is 4.20. The number of ether oxygens (including phenoxy) is 3. The van der Waals surface area contributed by atoms with Crippen LogP contribution in [0.5, 0.6) is 11.5 Å². The maximum Gasteiger partial charge on any atom is 0.161 e. The monoisotopic (exact) mass is 235 g/mol. The average Bonchev–Trinajstić information content (AvgIpc) is 2.75. The first-order valence-corrected chi connectivity index (χ1v) is 6.03. The van der Waals surface area contributed by atoms with Crippen LogP contribution < -0.4 is 14.8 Å². The van der Waals surface area contributed by atoms with Crippen LogP contribution in [0.25, 0.3) is 0 Å². The van der Waals surface area contributed by atoms with Crippen molar-refractivity contribution in [2.45, 2.75) is 26.2 Å². The largest absolute Gasteiger partial charge is 0.486 e. The maximum atomic E-state index is 5.81. The first-order valence-electron chi connectivity index (χ1n) is 6.03. The summed E-state index contributed by atoms with van der Waals surface area (Å²) in [6.07, 6.45) is 0.230. The Morgan fingerprint density at radius 1 is 1.18 bits per heavy atom. The summed E-state index contributed by atoms with van der Waals surface area (Å²) in [5, 5.41) is 3.28. The summed E-state index contributed by atoms with van der Waals surface area (Å²) >= 11 is 0. The third-order valence-electron chi connectivity index (χ3n) is 3.24. The van der Waals surface area contributed by atoms with E-state index in [1.165, 1.54) is 11.1 Å². The van der Waals surface area contributed by atoms with Crippen molar-refractivity contribution in [3.05, 3.63) is 23.3 Å². The predicted molar refractivity (Wildman–Crippen MR) is 63.5 cm³/mol. The molecule has 3 rings (SSSR count). The third kappa shape index (κ3) is 1.98. The van der Waals surface area contributed by atoms with Gasteiger partial charge in [0.1, 0.15) is 19.4 Å². The molecule has 92 valence electrons. The zero-order chi connectivity index (χ0) is 11.8. The Morgan fingerprint density at radius 3 is 2.53 bits per heavy atom. The molecule has 1 saturated heterocycles. The quantitative estimate of drug-likeness (QED) is 0.805. The van der Waals surface area contributed by atoms with Crippen LogP contribution in [0.4, 0.5) is 0 Å². The van der Waals surface area contributed by atoms with Crippen molar-refractivity contribution in [2.24, 2.45) is 0 Å². The molecule has 1 aromatic carbocycles. The molecule has 17 heavy (non-hydrogen) atoms. The van der Waals surface area contributed by atoms with E-state index in [9.17, 15) is 0 Å². The second-order valence-electron chi connectivity index (χ2n) is 4.53. The van der Waals surface area contributed by atoms with Crippen LogP contribution in [0.2, 0.25) is 0 Å². The zero-order valence-corrected chi connectivity index (χ0v) is 10.2. The molecule has 0 radical (unpaired) electrons. The van der Waals surface area contributed by atoms with Crippen LogP contribution >= 0.6 is 0 Å². The molecule has 1 fully saturated rings. The van der Waals surface area contributed by atoms with Crippen molar-refractivity contribution < 1.29 is 14.2 Å². The molecule has 2 heterocycles. The molecule has 0 saturated carbocycles.